The Morgan fingerprint density at radius 3 is 2.32 bits per heavy atom. The molecule has 3 heterocycles. The summed E-state index contributed by atoms with van der Waals surface area (Å²) >= 11 is 0. The van der Waals surface area contributed by atoms with E-state index in [0.29, 0.717) is 17.2 Å². The van der Waals surface area contributed by atoms with E-state index in [1.54, 1.807) is 48.8 Å². The predicted molar refractivity (Wildman–Crippen MR) is 81.6 cm³/mol. The number of anilines is 2. The first kappa shape index (κ1) is 13.6. The number of nitrogens with one attached hydrogen (secondary N) is 1. The van der Waals surface area contributed by atoms with E-state index in [4.69, 9.17) is 0 Å². The molecule has 0 aliphatic carbocycles. The fraction of sp³-hybridized carbons (Fsp3) is 0. The van der Waals surface area contributed by atoms with Gasteiger partial charge in [0.15, 0.2) is 0 Å². The second-order valence-corrected chi connectivity index (χ2v) is 4.38. The molecule has 0 bridgehead atoms. The molecule has 0 radical (unpaired) electrons. The molecule has 0 aliphatic heterocycles. The predicted octanol–water partition coefficient (Wildman–Crippen LogP) is 3.19. The van der Waals surface area contributed by atoms with Crippen LogP contribution in [0.5, 0.6) is 0 Å². The zero-order valence-corrected chi connectivity index (χ0v) is 11.4. The summed E-state index contributed by atoms with van der Waals surface area (Å²) in [6.45, 7) is 0. The Hall–Kier alpha value is -3.35. The van der Waals surface area contributed by atoms with Crippen LogP contribution in [0.25, 0.3) is 11.4 Å². The molecule has 7 heteroatoms. The second kappa shape index (κ2) is 5.96. The summed E-state index contributed by atoms with van der Waals surface area (Å²) in [5, 5.41) is 14.0. The van der Waals surface area contributed by atoms with Crippen LogP contribution >= 0.6 is 0 Å². The van der Waals surface area contributed by atoms with E-state index >= 15 is 0 Å². The van der Waals surface area contributed by atoms with Crippen LogP contribution in [0, 0.1) is 10.1 Å². The molecular formula is C15H11N5O2. The zero-order valence-electron chi connectivity index (χ0n) is 11.4. The number of rotatable bonds is 4. The van der Waals surface area contributed by atoms with Gasteiger partial charge in [-0.15, -0.1) is 0 Å². The Bertz CT molecular complexity index is 794. The lowest BCUT2D eigenvalue weighted by Gasteiger charge is -2.07. The average Bonchev–Trinajstić information content (AvgIpc) is 2.56. The SMILES string of the molecule is O=[N+]([O-])c1ccc(-c2ccccn2)nc1Nc1ccccn1. The van der Waals surface area contributed by atoms with Crippen molar-refractivity contribution in [1.29, 1.82) is 0 Å². The standard InChI is InChI=1S/C15H11N5O2/c21-20(22)13-8-7-12(11-5-1-3-9-16-11)18-15(13)19-14-6-2-4-10-17-14/h1-10H,(H,17,18,19). The van der Waals surface area contributed by atoms with Crippen LogP contribution in [0.4, 0.5) is 17.3 Å². The normalized spacial score (nSPS) is 10.2. The fourth-order valence-electron chi connectivity index (χ4n) is 1.91. The average molecular weight is 293 g/mol. The highest BCUT2D eigenvalue weighted by Gasteiger charge is 2.17. The third-order valence-electron chi connectivity index (χ3n) is 2.91. The summed E-state index contributed by atoms with van der Waals surface area (Å²) in [6, 6.07) is 13.6. The summed E-state index contributed by atoms with van der Waals surface area (Å²) < 4.78 is 0. The maximum Gasteiger partial charge on any atom is 0.311 e. The fourth-order valence-corrected chi connectivity index (χ4v) is 1.91. The molecule has 0 spiro atoms. The first-order chi connectivity index (χ1) is 10.7. The summed E-state index contributed by atoms with van der Waals surface area (Å²) in [5.74, 6) is 0.614. The van der Waals surface area contributed by atoms with Gasteiger partial charge in [0.1, 0.15) is 5.82 Å². The van der Waals surface area contributed by atoms with Gasteiger partial charge in [-0.25, -0.2) is 9.97 Å². The topological polar surface area (TPSA) is 93.8 Å². The first-order valence-electron chi connectivity index (χ1n) is 6.49. The Labute approximate surface area is 125 Å². The summed E-state index contributed by atoms with van der Waals surface area (Å²) in [7, 11) is 0. The van der Waals surface area contributed by atoms with Gasteiger partial charge in [-0.05, 0) is 30.3 Å². The smallest absolute Gasteiger partial charge is 0.311 e. The molecule has 1 N–H and O–H groups in total. The van der Waals surface area contributed by atoms with Crippen LogP contribution in [-0.2, 0) is 0 Å². The quantitative estimate of drug-likeness (QED) is 0.586. The van der Waals surface area contributed by atoms with Crippen LogP contribution in [0.2, 0.25) is 0 Å². The molecule has 3 aromatic heterocycles. The van der Waals surface area contributed by atoms with E-state index in [0.717, 1.165) is 0 Å². The van der Waals surface area contributed by atoms with Gasteiger partial charge in [-0.2, -0.15) is 0 Å². The maximum atomic E-state index is 11.1. The number of nitrogens with zero attached hydrogens (tertiary/aromatic N) is 4. The van der Waals surface area contributed by atoms with Gasteiger partial charge in [0.25, 0.3) is 0 Å². The maximum absolute atomic E-state index is 11.1. The van der Waals surface area contributed by atoms with Crippen LogP contribution in [-0.4, -0.2) is 19.9 Å². The van der Waals surface area contributed by atoms with E-state index in [2.05, 4.69) is 20.3 Å². The molecule has 0 aliphatic rings. The molecule has 108 valence electrons. The van der Waals surface area contributed by atoms with Gasteiger partial charge in [0.05, 0.1) is 16.3 Å². The summed E-state index contributed by atoms with van der Waals surface area (Å²) in [6.07, 6.45) is 3.24. The zero-order chi connectivity index (χ0) is 15.4. The lowest BCUT2D eigenvalue weighted by molar-refractivity contribution is -0.384. The molecule has 0 aromatic carbocycles. The van der Waals surface area contributed by atoms with Crippen LogP contribution in [0.3, 0.4) is 0 Å². The van der Waals surface area contributed by atoms with Crippen molar-refractivity contribution in [2.24, 2.45) is 0 Å². The monoisotopic (exact) mass is 293 g/mol. The van der Waals surface area contributed by atoms with Crippen molar-refractivity contribution in [2.75, 3.05) is 5.32 Å². The Balaban J connectivity index is 2.03. The van der Waals surface area contributed by atoms with Gasteiger partial charge in [-0.3, -0.25) is 15.1 Å². The first-order valence-corrected chi connectivity index (χ1v) is 6.49. The van der Waals surface area contributed by atoms with Crippen molar-refractivity contribution in [3.63, 3.8) is 0 Å². The van der Waals surface area contributed by atoms with Crippen LogP contribution < -0.4 is 5.32 Å². The van der Waals surface area contributed by atoms with Gasteiger partial charge < -0.3 is 5.32 Å². The molecule has 0 saturated heterocycles. The molecule has 3 rings (SSSR count). The molecule has 0 saturated carbocycles. The lowest BCUT2D eigenvalue weighted by Crippen LogP contribution is -2.02. The lowest BCUT2D eigenvalue weighted by atomic mass is 10.2. The number of aromatic nitrogens is 3. The van der Waals surface area contributed by atoms with Gasteiger partial charge in [0, 0.05) is 18.5 Å². The molecule has 0 atom stereocenters. The highest BCUT2D eigenvalue weighted by atomic mass is 16.6. The van der Waals surface area contributed by atoms with E-state index in [1.165, 1.54) is 6.07 Å². The minimum absolute atomic E-state index is 0.120. The Morgan fingerprint density at radius 1 is 0.909 bits per heavy atom. The van der Waals surface area contributed by atoms with E-state index in [-0.39, 0.29) is 11.5 Å². The van der Waals surface area contributed by atoms with E-state index < -0.39 is 4.92 Å². The number of hydrogen-bond acceptors (Lipinski definition) is 6. The van der Waals surface area contributed by atoms with Crippen LogP contribution in [0.1, 0.15) is 0 Å². The highest BCUT2D eigenvalue weighted by Crippen LogP contribution is 2.27. The van der Waals surface area contributed by atoms with E-state index in [1.807, 2.05) is 6.07 Å². The van der Waals surface area contributed by atoms with Crippen molar-refractivity contribution in [3.05, 3.63) is 71.0 Å². The molecule has 0 fully saturated rings. The van der Waals surface area contributed by atoms with Crippen molar-refractivity contribution < 1.29 is 4.92 Å². The molecule has 3 aromatic rings. The molecule has 0 amide bonds. The third kappa shape index (κ3) is 2.88. The number of nitro groups is 1. The second-order valence-electron chi connectivity index (χ2n) is 4.38. The van der Waals surface area contributed by atoms with Gasteiger partial charge in [-0.1, -0.05) is 12.1 Å². The Morgan fingerprint density at radius 2 is 1.68 bits per heavy atom. The van der Waals surface area contributed by atoms with Crippen molar-refractivity contribution in [3.8, 4) is 11.4 Å². The van der Waals surface area contributed by atoms with Crippen molar-refractivity contribution in [1.82, 2.24) is 15.0 Å². The minimum atomic E-state index is -0.486. The molecular weight excluding hydrogens is 282 g/mol. The highest BCUT2D eigenvalue weighted by molar-refractivity contribution is 5.68. The van der Waals surface area contributed by atoms with Gasteiger partial charge in [0.2, 0.25) is 5.82 Å². The van der Waals surface area contributed by atoms with Crippen LogP contribution in [0.15, 0.2) is 60.9 Å². The largest absolute Gasteiger partial charge is 0.319 e. The minimum Gasteiger partial charge on any atom is -0.319 e. The van der Waals surface area contributed by atoms with E-state index in [9.17, 15) is 10.1 Å². The summed E-state index contributed by atoms with van der Waals surface area (Å²) in [5.41, 5.74) is 1.07. The Kier molecular flexibility index (Phi) is 3.69. The number of hydrogen-bond donors (Lipinski definition) is 1. The van der Waals surface area contributed by atoms with Gasteiger partial charge >= 0.3 is 5.69 Å². The van der Waals surface area contributed by atoms with Crippen molar-refractivity contribution in [2.45, 2.75) is 0 Å². The molecule has 0 unspecified atom stereocenters. The molecule has 22 heavy (non-hydrogen) atoms. The summed E-state index contributed by atoms with van der Waals surface area (Å²) in [4.78, 5) is 23.3. The van der Waals surface area contributed by atoms with Crippen molar-refractivity contribution >= 4 is 17.3 Å². The molecule has 7 nitrogen and oxygen atoms in total. The number of pyridine rings is 3. The third-order valence-corrected chi connectivity index (χ3v) is 2.91.